The van der Waals surface area contributed by atoms with Crippen molar-refractivity contribution >= 4 is 34.9 Å². The Morgan fingerprint density at radius 1 is 1.16 bits per heavy atom. The van der Waals surface area contributed by atoms with Gasteiger partial charge in [0.25, 0.3) is 5.91 Å². The molecule has 2 aromatic heterocycles. The number of hydrogen-bond donors (Lipinski definition) is 1. The van der Waals surface area contributed by atoms with Crippen LogP contribution in [-0.4, -0.2) is 25.5 Å². The molecular formula is C21H14Cl2N6O2. The fourth-order valence-corrected chi connectivity index (χ4v) is 3.23. The van der Waals surface area contributed by atoms with Crippen LogP contribution < -0.4 is 10.1 Å². The third-order valence-electron chi connectivity index (χ3n) is 4.24. The van der Waals surface area contributed by atoms with Crippen molar-refractivity contribution in [3.63, 3.8) is 0 Å². The highest BCUT2D eigenvalue weighted by Crippen LogP contribution is 2.27. The molecule has 2 heterocycles. The third kappa shape index (κ3) is 4.53. The van der Waals surface area contributed by atoms with Crippen molar-refractivity contribution in [2.75, 3.05) is 5.32 Å². The molecule has 0 aliphatic heterocycles. The molecule has 4 aromatic rings. The molecule has 0 saturated carbocycles. The lowest BCUT2D eigenvalue weighted by atomic mass is 10.3. The number of para-hydroxylation sites is 1. The molecule has 0 bridgehead atoms. The van der Waals surface area contributed by atoms with Gasteiger partial charge in [0, 0.05) is 11.2 Å². The second-order valence-corrected chi connectivity index (χ2v) is 7.15. The van der Waals surface area contributed by atoms with Crippen LogP contribution in [0.5, 0.6) is 5.75 Å². The van der Waals surface area contributed by atoms with Gasteiger partial charge in [0.15, 0.2) is 18.2 Å². The van der Waals surface area contributed by atoms with Crippen LogP contribution in [0.25, 0.3) is 5.69 Å². The summed E-state index contributed by atoms with van der Waals surface area (Å²) in [5.41, 5.74) is 1.09. The van der Waals surface area contributed by atoms with Crippen molar-refractivity contribution in [1.82, 2.24) is 19.6 Å². The fraction of sp³-hybridized carbons (Fsp3) is 0.0476. The maximum atomic E-state index is 12.7. The Balaban J connectivity index is 1.49. The Hall–Kier alpha value is -3.80. The standard InChI is InChI=1S/C21H14Cl2N6O2/c22-15-6-7-19(17(23)10-15)31-13-28-9-8-18(27-28)21(30)26-20-14(11-24)12-25-29(20)16-4-2-1-3-5-16/h1-10,12H,13H2,(H,26,30). The van der Waals surface area contributed by atoms with Crippen molar-refractivity contribution in [2.45, 2.75) is 6.73 Å². The van der Waals surface area contributed by atoms with Crippen molar-refractivity contribution in [1.29, 1.82) is 5.26 Å². The Kier molecular flexibility index (Phi) is 5.89. The van der Waals surface area contributed by atoms with Gasteiger partial charge in [0.1, 0.15) is 17.4 Å². The third-order valence-corrected chi connectivity index (χ3v) is 4.77. The number of rotatable bonds is 6. The van der Waals surface area contributed by atoms with E-state index in [1.807, 2.05) is 36.4 Å². The quantitative estimate of drug-likeness (QED) is 0.463. The lowest BCUT2D eigenvalue weighted by molar-refractivity contribution is 0.101. The monoisotopic (exact) mass is 452 g/mol. The first-order chi connectivity index (χ1) is 15.0. The molecule has 2 aromatic carbocycles. The van der Waals surface area contributed by atoms with E-state index >= 15 is 0 Å². The second-order valence-electron chi connectivity index (χ2n) is 6.31. The summed E-state index contributed by atoms with van der Waals surface area (Å²) in [7, 11) is 0. The second kappa shape index (κ2) is 8.92. The smallest absolute Gasteiger partial charge is 0.277 e. The van der Waals surface area contributed by atoms with E-state index in [1.165, 1.54) is 21.6 Å². The molecule has 4 rings (SSSR count). The van der Waals surface area contributed by atoms with Crippen molar-refractivity contribution in [3.05, 3.63) is 88.3 Å². The predicted molar refractivity (Wildman–Crippen MR) is 116 cm³/mol. The highest BCUT2D eigenvalue weighted by atomic mass is 35.5. The molecule has 154 valence electrons. The number of nitriles is 1. The minimum absolute atomic E-state index is 0.0417. The number of halogens is 2. The van der Waals surface area contributed by atoms with Crippen LogP contribution in [0.2, 0.25) is 10.0 Å². The summed E-state index contributed by atoms with van der Waals surface area (Å²) in [6.07, 6.45) is 2.99. The molecule has 0 aliphatic rings. The molecule has 8 nitrogen and oxygen atoms in total. The van der Waals surface area contributed by atoms with Gasteiger partial charge in [-0.2, -0.15) is 15.5 Å². The summed E-state index contributed by atoms with van der Waals surface area (Å²) < 4.78 is 8.54. The van der Waals surface area contributed by atoms with Gasteiger partial charge >= 0.3 is 0 Å². The summed E-state index contributed by atoms with van der Waals surface area (Å²) in [5.74, 6) is 0.216. The molecule has 0 saturated heterocycles. The van der Waals surface area contributed by atoms with Crippen LogP contribution in [0, 0.1) is 11.3 Å². The topological polar surface area (TPSA) is 97.8 Å². The highest BCUT2D eigenvalue weighted by molar-refractivity contribution is 6.35. The van der Waals surface area contributed by atoms with E-state index in [0.717, 1.165) is 0 Å². The van der Waals surface area contributed by atoms with Gasteiger partial charge in [-0.3, -0.25) is 4.79 Å². The number of benzene rings is 2. The number of nitrogens with one attached hydrogen (secondary N) is 1. The first-order valence-corrected chi connectivity index (χ1v) is 9.77. The molecule has 0 fully saturated rings. The number of anilines is 1. The molecule has 0 spiro atoms. The van der Waals surface area contributed by atoms with E-state index in [4.69, 9.17) is 27.9 Å². The normalized spacial score (nSPS) is 10.5. The average molecular weight is 453 g/mol. The minimum Gasteiger partial charge on any atom is -0.470 e. The van der Waals surface area contributed by atoms with E-state index in [1.54, 1.807) is 24.4 Å². The van der Waals surface area contributed by atoms with Crippen LogP contribution in [0.1, 0.15) is 16.1 Å². The summed E-state index contributed by atoms with van der Waals surface area (Å²) in [6, 6.07) is 17.6. The van der Waals surface area contributed by atoms with Gasteiger partial charge in [-0.1, -0.05) is 41.4 Å². The maximum Gasteiger partial charge on any atom is 0.277 e. The van der Waals surface area contributed by atoms with Crippen molar-refractivity contribution in [3.8, 4) is 17.5 Å². The predicted octanol–water partition coefficient (Wildman–Crippen LogP) is 4.54. The van der Waals surface area contributed by atoms with Gasteiger partial charge < -0.3 is 10.1 Å². The molecule has 1 amide bonds. The van der Waals surface area contributed by atoms with Crippen LogP contribution in [0.4, 0.5) is 5.82 Å². The number of ether oxygens (including phenoxy) is 1. The van der Waals surface area contributed by atoms with Crippen molar-refractivity contribution in [2.24, 2.45) is 0 Å². The Bertz CT molecular complexity index is 1280. The highest BCUT2D eigenvalue weighted by Gasteiger charge is 2.18. The number of amides is 1. The van der Waals surface area contributed by atoms with Gasteiger partial charge in [0.2, 0.25) is 0 Å². The number of carbonyl (C=O) groups excluding carboxylic acids is 1. The minimum atomic E-state index is -0.488. The molecule has 0 radical (unpaired) electrons. The molecule has 0 atom stereocenters. The van der Waals surface area contributed by atoms with E-state index in [2.05, 4.69) is 15.5 Å². The maximum absolute atomic E-state index is 12.7. The van der Waals surface area contributed by atoms with Gasteiger partial charge in [0.05, 0.1) is 16.9 Å². The van der Waals surface area contributed by atoms with E-state index in [9.17, 15) is 10.1 Å². The van der Waals surface area contributed by atoms with Crippen LogP contribution in [0.3, 0.4) is 0 Å². The average Bonchev–Trinajstić information content (AvgIpc) is 3.41. The molecular weight excluding hydrogens is 439 g/mol. The van der Waals surface area contributed by atoms with Gasteiger partial charge in [-0.05, 0) is 36.4 Å². The van der Waals surface area contributed by atoms with E-state index in [0.29, 0.717) is 21.5 Å². The molecule has 1 N–H and O–H groups in total. The number of hydrogen-bond acceptors (Lipinski definition) is 5. The molecule has 0 unspecified atom stereocenters. The molecule has 31 heavy (non-hydrogen) atoms. The first kappa shape index (κ1) is 20.5. The van der Waals surface area contributed by atoms with Crippen LogP contribution in [-0.2, 0) is 6.73 Å². The fourth-order valence-electron chi connectivity index (χ4n) is 2.77. The first-order valence-electron chi connectivity index (χ1n) is 9.01. The largest absolute Gasteiger partial charge is 0.470 e. The Morgan fingerprint density at radius 3 is 2.71 bits per heavy atom. The number of aromatic nitrogens is 4. The zero-order chi connectivity index (χ0) is 21.8. The van der Waals surface area contributed by atoms with Crippen LogP contribution in [0.15, 0.2) is 67.0 Å². The summed E-state index contributed by atoms with van der Waals surface area (Å²) in [6.45, 7) is 0.0417. The molecule has 10 heteroatoms. The zero-order valence-electron chi connectivity index (χ0n) is 15.9. The Labute approximate surface area is 187 Å². The van der Waals surface area contributed by atoms with Crippen molar-refractivity contribution < 1.29 is 9.53 Å². The van der Waals surface area contributed by atoms with Crippen LogP contribution >= 0.6 is 23.2 Å². The number of nitrogens with zero attached hydrogens (tertiary/aromatic N) is 5. The lowest BCUT2D eigenvalue weighted by Gasteiger charge is -2.09. The van der Waals surface area contributed by atoms with E-state index in [-0.39, 0.29) is 23.8 Å². The SMILES string of the molecule is N#Cc1cnn(-c2ccccc2)c1NC(=O)c1ccn(COc2ccc(Cl)cc2Cl)n1. The Morgan fingerprint density at radius 2 is 1.97 bits per heavy atom. The summed E-state index contributed by atoms with van der Waals surface area (Å²) >= 11 is 12.0. The number of carbonyl (C=O) groups is 1. The zero-order valence-corrected chi connectivity index (χ0v) is 17.4. The lowest BCUT2D eigenvalue weighted by Crippen LogP contribution is -2.17. The summed E-state index contributed by atoms with van der Waals surface area (Å²) in [4.78, 5) is 12.7. The van der Waals surface area contributed by atoms with E-state index < -0.39 is 5.91 Å². The van der Waals surface area contributed by atoms with Gasteiger partial charge in [-0.15, -0.1) is 0 Å². The molecule has 0 aliphatic carbocycles. The van der Waals surface area contributed by atoms with Gasteiger partial charge in [-0.25, -0.2) is 9.36 Å². The summed E-state index contributed by atoms with van der Waals surface area (Å²) in [5, 5.41) is 21.4.